The van der Waals surface area contributed by atoms with E-state index < -0.39 is 0 Å². The van der Waals surface area contributed by atoms with Crippen molar-refractivity contribution in [2.24, 2.45) is 0 Å². The molecule has 3 nitrogen and oxygen atoms in total. The maximum Gasteiger partial charge on any atom is 0.0337 e. The molecule has 104 valence electrons. The summed E-state index contributed by atoms with van der Waals surface area (Å²) in [5.74, 6) is 0. The van der Waals surface area contributed by atoms with Gasteiger partial charge in [-0.1, -0.05) is 19.3 Å². The molecular weight excluding hydrogens is 222 g/mol. The lowest BCUT2D eigenvalue weighted by Gasteiger charge is -2.54. The molecule has 0 bridgehead atoms. The number of rotatable bonds is 1. The molecule has 18 heavy (non-hydrogen) atoms. The predicted octanol–water partition coefficient (Wildman–Crippen LogP) is 1.69. The summed E-state index contributed by atoms with van der Waals surface area (Å²) in [4.78, 5) is 5.45. The number of nitrogens with zero attached hydrogens (tertiary/aromatic N) is 2. The van der Waals surface area contributed by atoms with Gasteiger partial charge in [-0.3, -0.25) is 4.90 Å². The first-order chi connectivity index (χ1) is 8.80. The highest BCUT2D eigenvalue weighted by Crippen LogP contribution is 2.37. The minimum atomic E-state index is 0.513. The van der Waals surface area contributed by atoms with Crippen molar-refractivity contribution in [3.8, 4) is 0 Å². The van der Waals surface area contributed by atoms with Crippen LogP contribution in [0, 0.1) is 0 Å². The fraction of sp³-hybridized carbons (Fsp3) is 1.00. The first-order valence-electron chi connectivity index (χ1n) is 7.96. The molecule has 0 radical (unpaired) electrons. The first-order valence-corrected chi connectivity index (χ1v) is 7.96. The number of nitrogens with one attached hydrogen (secondary N) is 1. The third-order valence-electron chi connectivity index (χ3n) is 5.42. The minimum absolute atomic E-state index is 0.513. The SMILES string of the molecule is CN1CCCC(N2CCNCC23CCCCC3)C1. The van der Waals surface area contributed by atoms with Crippen LogP contribution in [0.2, 0.25) is 0 Å². The highest BCUT2D eigenvalue weighted by atomic mass is 15.3. The van der Waals surface area contributed by atoms with Crippen LogP contribution in [0.1, 0.15) is 44.9 Å². The van der Waals surface area contributed by atoms with Gasteiger partial charge < -0.3 is 10.2 Å². The largest absolute Gasteiger partial charge is 0.314 e. The monoisotopic (exact) mass is 251 g/mol. The molecule has 3 heteroatoms. The van der Waals surface area contributed by atoms with Crippen LogP contribution < -0.4 is 5.32 Å². The van der Waals surface area contributed by atoms with Crippen LogP contribution in [0.15, 0.2) is 0 Å². The van der Waals surface area contributed by atoms with Gasteiger partial charge in [0.25, 0.3) is 0 Å². The van der Waals surface area contributed by atoms with E-state index in [2.05, 4.69) is 22.2 Å². The van der Waals surface area contributed by atoms with Crippen LogP contribution in [0.3, 0.4) is 0 Å². The van der Waals surface area contributed by atoms with Gasteiger partial charge in [-0.15, -0.1) is 0 Å². The number of hydrogen-bond donors (Lipinski definition) is 1. The average Bonchev–Trinajstić information content (AvgIpc) is 2.40. The molecular formula is C15H29N3. The van der Waals surface area contributed by atoms with Crippen LogP contribution in [-0.2, 0) is 0 Å². The van der Waals surface area contributed by atoms with Crippen molar-refractivity contribution in [1.29, 1.82) is 0 Å². The van der Waals surface area contributed by atoms with E-state index in [9.17, 15) is 0 Å². The summed E-state index contributed by atoms with van der Waals surface area (Å²) >= 11 is 0. The second-order valence-corrected chi connectivity index (χ2v) is 6.71. The third-order valence-corrected chi connectivity index (χ3v) is 5.42. The van der Waals surface area contributed by atoms with Crippen molar-refractivity contribution < 1.29 is 0 Å². The predicted molar refractivity (Wildman–Crippen MR) is 75.9 cm³/mol. The summed E-state index contributed by atoms with van der Waals surface area (Å²) in [7, 11) is 2.29. The van der Waals surface area contributed by atoms with Gasteiger partial charge in [-0.2, -0.15) is 0 Å². The van der Waals surface area contributed by atoms with E-state index in [4.69, 9.17) is 0 Å². The molecule has 2 aliphatic heterocycles. The first kappa shape index (κ1) is 12.9. The normalized spacial score (nSPS) is 34.8. The maximum absolute atomic E-state index is 3.67. The molecule has 3 aliphatic rings. The van der Waals surface area contributed by atoms with Gasteiger partial charge in [0.1, 0.15) is 0 Å². The Hall–Kier alpha value is -0.120. The Morgan fingerprint density at radius 2 is 1.89 bits per heavy atom. The highest BCUT2D eigenvalue weighted by molar-refractivity contribution is 5.01. The zero-order valence-electron chi connectivity index (χ0n) is 12.0. The molecule has 3 fully saturated rings. The van der Waals surface area contributed by atoms with Gasteiger partial charge >= 0.3 is 0 Å². The van der Waals surface area contributed by atoms with E-state index >= 15 is 0 Å². The molecule has 1 N–H and O–H groups in total. The summed E-state index contributed by atoms with van der Waals surface area (Å²) in [6.07, 6.45) is 10.0. The summed E-state index contributed by atoms with van der Waals surface area (Å²) in [6, 6.07) is 0.823. The molecule has 1 spiro atoms. The van der Waals surface area contributed by atoms with E-state index in [1.165, 1.54) is 77.7 Å². The van der Waals surface area contributed by atoms with E-state index in [0.29, 0.717) is 5.54 Å². The quantitative estimate of drug-likeness (QED) is 0.765. The highest BCUT2D eigenvalue weighted by Gasteiger charge is 2.43. The molecule has 0 aromatic rings. The number of likely N-dealkylation sites (tertiary alicyclic amines) is 1. The van der Waals surface area contributed by atoms with Crippen molar-refractivity contribution in [2.75, 3.05) is 39.8 Å². The lowest BCUT2D eigenvalue weighted by Crippen LogP contribution is -2.66. The zero-order chi connectivity index (χ0) is 12.4. The molecule has 2 saturated heterocycles. The Kier molecular flexibility index (Phi) is 3.92. The smallest absolute Gasteiger partial charge is 0.0337 e. The molecule has 1 saturated carbocycles. The fourth-order valence-corrected chi connectivity index (χ4v) is 4.50. The maximum atomic E-state index is 3.67. The Labute approximate surface area is 112 Å². The lowest BCUT2D eigenvalue weighted by atomic mass is 9.77. The van der Waals surface area contributed by atoms with Crippen molar-refractivity contribution in [2.45, 2.75) is 56.5 Å². The van der Waals surface area contributed by atoms with Gasteiger partial charge in [-0.25, -0.2) is 0 Å². The topological polar surface area (TPSA) is 18.5 Å². The van der Waals surface area contributed by atoms with Gasteiger partial charge in [0.05, 0.1) is 0 Å². The summed E-state index contributed by atoms with van der Waals surface area (Å²) in [5, 5.41) is 3.67. The van der Waals surface area contributed by atoms with E-state index in [0.717, 1.165) is 6.04 Å². The van der Waals surface area contributed by atoms with Gasteiger partial charge in [0.15, 0.2) is 0 Å². The average molecular weight is 251 g/mol. The van der Waals surface area contributed by atoms with Crippen LogP contribution >= 0.6 is 0 Å². The molecule has 0 amide bonds. The number of piperidine rings is 1. The molecule has 0 aromatic carbocycles. The van der Waals surface area contributed by atoms with Crippen LogP contribution in [-0.4, -0.2) is 61.2 Å². The summed E-state index contributed by atoms with van der Waals surface area (Å²) in [6.45, 7) is 6.31. The number of hydrogen-bond acceptors (Lipinski definition) is 3. The van der Waals surface area contributed by atoms with Crippen LogP contribution in [0.25, 0.3) is 0 Å². The summed E-state index contributed by atoms with van der Waals surface area (Å²) < 4.78 is 0. The zero-order valence-corrected chi connectivity index (χ0v) is 12.0. The molecule has 2 heterocycles. The van der Waals surface area contributed by atoms with Gasteiger partial charge in [0.2, 0.25) is 0 Å². The van der Waals surface area contributed by atoms with Crippen LogP contribution in [0.5, 0.6) is 0 Å². The fourth-order valence-electron chi connectivity index (χ4n) is 4.50. The second kappa shape index (κ2) is 5.48. The minimum Gasteiger partial charge on any atom is -0.314 e. The Balaban J connectivity index is 1.74. The van der Waals surface area contributed by atoms with Crippen LogP contribution in [0.4, 0.5) is 0 Å². The van der Waals surface area contributed by atoms with Crippen molar-refractivity contribution >= 4 is 0 Å². The van der Waals surface area contributed by atoms with E-state index in [1.54, 1.807) is 0 Å². The van der Waals surface area contributed by atoms with Gasteiger partial charge in [-0.05, 0) is 39.3 Å². The van der Waals surface area contributed by atoms with E-state index in [-0.39, 0.29) is 0 Å². The Morgan fingerprint density at radius 3 is 2.67 bits per heavy atom. The second-order valence-electron chi connectivity index (χ2n) is 6.71. The number of piperazine rings is 1. The Bertz CT molecular complexity index is 265. The standard InChI is InChI=1S/C15H29N3/c1-17-10-5-6-14(12-17)18-11-9-16-13-15(18)7-3-2-4-8-15/h14,16H,2-13H2,1H3. The summed E-state index contributed by atoms with van der Waals surface area (Å²) in [5.41, 5.74) is 0.513. The molecule has 1 aliphatic carbocycles. The molecule has 0 aromatic heterocycles. The lowest BCUT2D eigenvalue weighted by molar-refractivity contribution is -0.0280. The molecule has 1 unspecified atom stereocenters. The molecule has 3 rings (SSSR count). The molecule has 1 atom stereocenters. The number of likely N-dealkylation sites (N-methyl/N-ethyl adjacent to an activating group) is 1. The Morgan fingerprint density at radius 1 is 1.06 bits per heavy atom. The van der Waals surface area contributed by atoms with Crippen molar-refractivity contribution in [3.63, 3.8) is 0 Å². The third kappa shape index (κ3) is 2.45. The van der Waals surface area contributed by atoms with E-state index in [1.807, 2.05) is 0 Å². The van der Waals surface area contributed by atoms with Gasteiger partial charge in [0, 0.05) is 37.8 Å². The van der Waals surface area contributed by atoms with Crippen molar-refractivity contribution in [1.82, 2.24) is 15.1 Å². The van der Waals surface area contributed by atoms with Crippen molar-refractivity contribution in [3.05, 3.63) is 0 Å².